The molecule has 2 atom stereocenters. The lowest BCUT2D eigenvalue weighted by Gasteiger charge is -2.32. The molecular formula is C19H23FN2O4. The molecule has 0 radical (unpaired) electrons. The van der Waals surface area contributed by atoms with E-state index in [0.717, 1.165) is 24.1 Å². The van der Waals surface area contributed by atoms with Crippen molar-refractivity contribution in [1.29, 1.82) is 0 Å². The van der Waals surface area contributed by atoms with E-state index in [9.17, 15) is 14.0 Å². The standard InChI is InChI=1S/C19H23FN2O4/c1-2-25-19(24)14-4-3-9-22(12-14)18(23)17-11-16(21-26-17)10-13-5-7-15(20)8-6-13/h5-8,14,17H,2-4,9-12H2,1H3/t14-,17-/m1/s1. The number of esters is 1. The molecule has 1 amide bonds. The van der Waals surface area contributed by atoms with E-state index >= 15 is 0 Å². The third-order valence-electron chi connectivity index (χ3n) is 4.68. The van der Waals surface area contributed by atoms with Crippen molar-refractivity contribution in [3.63, 3.8) is 0 Å². The number of oxime groups is 1. The van der Waals surface area contributed by atoms with Gasteiger partial charge in [0.05, 0.1) is 18.2 Å². The summed E-state index contributed by atoms with van der Waals surface area (Å²) in [5.41, 5.74) is 1.68. The summed E-state index contributed by atoms with van der Waals surface area (Å²) in [7, 11) is 0. The Morgan fingerprint density at radius 3 is 2.85 bits per heavy atom. The molecule has 7 heteroatoms. The normalized spacial score (nSPS) is 22.5. The molecule has 1 fully saturated rings. The molecule has 2 heterocycles. The van der Waals surface area contributed by atoms with Crippen LogP contribution in [-0.2, 0) is 25.6 Å². The number of benzene rings is 1. The van der Waals surface area contributed by atoms with Crippen LogP contribution in [0.15, 0.2) is 29.4 Å². The minimum Gasteiger partial charge on any atom is -0.466 e. The van der Waals surface area contributed by atoms with Gasteiger partial charge < -0.3 is 14.5 Å². The molecule has 140 valence electrons. The molecule has 0 aromatic heterocycles. The van der Waals surface area contributed by atoms with Gasteiger partial charge in [0.25, 0.3) is 5.91 Å². The van der Waals surface area contributed by atoms with Crippen molar-refractivity contribution in [2.45, 2.75) is 38.7 Å². The quantitative estimate of drug-likeness (QED) is 0.754. The third kappa shape index (κ3) is 4.39. The van der Waals surface area contributed by atoms with Crippen molar-refractivity contribution in [2.24, 2.45) is 11.1 Å². The topological polar surface area (TPSA) is 68.2 Å². The van der Waals surface area contributed by atoms with Gasteiger partial charge in [-0.2, -0.15) is 0 Å². The smallest absolute Gasteiger partial charge is 0.310 e. The Morgan fingerprint density at radius 2 is 2.12 bits per heavy atom. The summed E-state index contributed by atoms with van der Waals surface area (Å²) in [6.45, 7) is 3.10. The van der Waals surface area contributed by atoms with Crippen molar-refractivity contribution in [3.05, 3.63) is 35.6 Å². The van der Waals surface area contributed by atoms with Crippen LogP contribution in [0.5, 0.6) is 0 Å². The molecular weight excluding hydrogens is 339 g/mol. The van der Waals surface area contributed by atoms with Crippen LogP contribution in [0.1, 0.15) is 31.7 Å². The fourth-order valence-electron chi connectivity index (χ4n) is 3.33. The van der Waals surface area contributed by atoms with Crippen LogP contribution in [0.4, 0.5) is 4.39 Å². The van der Waals surface area contributed by atoms with Crippen molar-refractivity contribution in [1.82, 2.24) is 4.90 Å². The number of hydrogen-bond acceptors (Lipinski definition) is 5. The summed E-state index contributed by atoms with van der Waals surface area (Å²) in [6, 6.07) is 6.19. The Kier molecular flexibility index (Phi) is 5.85. The maximum absolute atomic E-state index is 13.0. The number of carbonyl (C=O) groups excluding carboxylic acids is 2. The molecule has 1 aromatic carbocycles. The lowest BCUT2D eigenvalue weighted by molar-refractivity contribution is -0.153. The maximum atomic E-state index is 13.0. The van der Waals surface area contributed by atoms with E-state index < -0.39 is 6.10 Å². The number of carbonyl (C=O) groups is 2. The molecule has 0 spiro atoms. The Morgan fingerprint density at radius 1 is 1.35 bits per heavy atom. The third-order valence-corrected chi connectivity index (χ3v) is 4.68. The number of ether oxygens (including phenoxy) is 1. The monoisotopic (exact) mass is 362 g/mol. The van der Waals surface area contributed by atoms with Crippen LogP contribution in [0, 0.1) is 11.7 Å². The van der Waals surface area contributed by atoms with Crippen LogP contribution >= 0.6 is 0 Å². The van der Waals surface area contributed by atoms with Crippen LogP contribution in [0.3, 0.4) is 0 Å². The van der Waals surface area contributed by atoms with Crippen LogP contribution in [0.2, 0.25) is 0 Å². The van der Waals surface area contributed by atoms with Crippen LogP contribution in [0.25, 0.3) is 0 Å². The summed E-state index contributed by atoms with van der Waals surface area (Å²) in [4.78, 5) is 31.6. The van der Waals surface area contributed by atoms with E-state index in [-0.39, 0.29) is 23.6 Å². The van der Waals surface area contributed by atoms with E-state index in [0.29, 0.717) is 32.5 Å². The predicted octanol–water partition coefficient (Wildman–Crippen LogP) is 2.31. The van der Waals surface area contributed by atoms with Crippen molar-refractivity contribution in [3.8, 4) is 0 Å². The molecule has 0 aliphatic carbocycles. The fraction of sp³-hybridized carbons (Fsp3) is 0.526. The number of piperidine rings is 1. The SMILES string of the molecule is CCOC(=O)[C@@H]1CCCN(C(=O)[C@H]2CC(Cc3ccc(F)cc3)=NO2)C1. The number of hydrogen-bond donors (Lipinski definition) is 0. The number of amides is 1. The van der Waals surface area contributed by atoms with Gasteiger partial charge in [0.15, 0.2) is 0 Å². The summed E-state index contributed by atoms with van der Waals surface area (Å²) in [6.07, 6.45) is 1.80. The van der Waals surface area contributed by atoms with Crippen LogP contribution in [-0.4, -0.2) is 48.3 Å². The molecule has 26 heavy (non-hydrogen) atoms. The summed E-state index contributed by atoms with van der Waals surface area (Å²) in [5.74, 6) is -0.941. The lowest BCUT2D eigenvalue weighted by Crippen LogP contribution is -2.47. The second kappa shape index (κ2) is 8.29. The number of likely N-dealkylation sites (tertiary alicyclic amines) is 1. The largest absolute Gasteiger partial charge is 0.466 e. The van der Waals surface area contributed by atoms with E-state index in [1.54, 1.807) is 24.0 Å². The van der Waals surface area contributed by atoms with Gasteiger partial charge in [-0.25, -0.2) is 4.39 Å². The fourth-order valence-corrected chi connectivity index (χ4v) is 3.33. The molecule has 3 rings (SSSR count). The van der Waals surface area contributed by atoms with E-state index in [1.165, 1.54) is 12.1 Å². The molecule has 0 saturated carbocycles. The molecule has 0 unspecified atom stereocenters. The van der Waals surface area contributed by atoms with Gasteiger partial charge in [-0.15, -0.1) is 0 Å². The highest BCUT2D eigenvalue weighted by Crippen LogP contribution is 2.22. The second-order valence-corrected chi connectivity index (χ2v) is 6.63. The minimum absolute atomic E-state index is 0.142. The van der Waals surface area contributed by atoms with Crippen molar-refractivity contribution in [2.75, 3.05) is 19.7 Å². The van der Waals surface area contributed by atoms with Gasteiger partial charge in [-0.3, -0.25) is 9.59 Å². The van der Waals surface area contributed by atoms with Gasteiger partial charge in [0, 0.05) is 25.9 Å². The number of rotatable bonds is 5. The first-order valence-corrected chi connectivity index (χ1v) is 8.98. The van der Waals surface area contributed by atoms with Gasteiger partial charge in [-0.1, -0.05) is 17.3 Å². The van der Waals surface area contributed by atoms with E-state index in [4.69, 9.17) is 9.57 Å². The van der Waals surface area contributed by atoms with Gasteiger partial charge in [0.2, 0.25) is 6.10 Å². The zero-order valence-electron chi connectivity index (χ0n) is 14.8. The maximum Gasteiger partial charge on any atom is 0.310 e. The first-order chi connectivity index (χ1) is 12.6. The zero-order valence-corrected chi connectivity index (χ0v) is 14.8. The van der Waals surface area contributed by atoms with Gasteiger partial charge in [0.1, 0.15) is 5.82 Å². The van der Waals surface area contributed by atoms with Crippen molar-refractivity contribution >= 4 is 17.6 Å². The molecule has 2 aliphatic rings. The Bertz CT molecular complexity index is 689. The highest BCUT2D eigenvalue weighted by Gasteiger charge is 2.36. The van der Waals surface area contributed by atoms with Crippen LogP contribution < -0.4 is 0 Å². The van der Waals surface area contributed by atoms with Crippen molar-refractivity contribution < 1.29 is 23.6 Å². The Labute approximate surface area is 151 Å². The van der Waals surface area contributed by atoms with E-state index in [1.807, 2.05) is 0 Å². The minimum atomic E-state index is -0.647. The Balaban J connectivity index is 1.53. The Hall–Kier alpha value is -2.44. The highest BCUT2D eigenvalue weighted by atomic mass is 19.1. The molecule has 2 aliphatic heterocycles. The second-order valence-electron chi connectivity index (χ2n) is 6.63. The number of halogens is 1. The molecule has 6 nitrogen and oxygen atoms in total. The predicted molar refractivity (Wildman–Crippen MR) is 93.0 cm³/mol. The zero-order chi connectivity index (χ0) is 18.5. The molecule has 1 saturated heterocycles. The number of nitrogens with zero attached hydrogens (tertiary/aromatic N) is 2. The molecule has 0 N–H and O–H groups in total. The first kappa shape index (κ1) is 18.4. The summed E-state index contributed by atoms with van der Waals surface area (Å²) in [5, 5.41) is 4.02. The summed E-state index contributed by atoms with van der Waals surface area (Å²) >= 11 is 0. The molecule has 1 aromatic rings. The highest BCUT2D eigenvalue weighted by molar-refractivity contribution is 5.94. The summed E-state index contributed by atoms with van der Waals surface area (Å²) < 4.78 is 18.0. The van der Waals surface area contributed by atoms with Gasteiger partial charge in [-0.05, 0) is 37.5 Å². The molecule has 0 bridgehead atoms. The average Bonchev–Trinajstić information content (AvgIpc) is 3.12. The first-order valence-electron chi connectivity index (χ1n) is 8.98. The lowest BCUT2D eigenvalue weighted by atomic mass is 9.97. The average molecular weight is 362 g/mol. The van der Waals surface area contributed by atoms with Gasteiger partial charge >= 0.3 is 5.97 Å². The van der Waals surface area contributed by atoms with E-state index in [2.05, 4.69) is 5.16 Å².